The van der Waals surface area contributed by atoms with Crippen molar-refractivity contribution in [1.82, 2.24) is 14.8 Å². The lowest BCUT2D eigenvalue weighted by atomic mass is 9.76. The van der Waals surface area contributed by atoms with E-state index >= 15 is 0 Å². The van der Waals surface area contributed by atoms with Crippen molar-refractivity contribution in [2.24, 2.45) is 5.41 Å². The number of aliphatic hydroxyl groups is 1. The minimum atomic E-state index is -1.19. The van der Waals surface area contributed by atoms with Crippen molar-refractivity contribution in [3.8, 4) is 0 Å². The molecule has 0 spiro atoms. The van der Waals surface area contributed by atoms with Crippen LogP contribution in [0.2, 0.25) is 0 Å². The molecule has 1 aromatic heterocycles. The Bertz CT molecular complexity index is 372. The molecule has 0 bridgehead atoms. The first-order valence-corrected chi connectivity index (χ1v) is 6.12. The standard InChI is InChI=1S/C10H15BrClN3O/c1-9(2,3)10(16,8(12)4-11)5-15-7-13-6-14-15/h4,6-7,16H,5H2,1-3H3/b8-4-. The van der Waals surface area contributed by atoms with E-state index in [2.05, 4.69) is 26.0 Å². The Balaban J connectivity index is 3.06. The zero-order chi connectivity index (χ0) is 12.4. The molecule has 0 aliphatic carbocycles. The van der Waals surface area contributed by atoms with Crippen molar-refractivity contribution in [1.29, 1.82) is 0 Å². The van der Waals surface area contributed by atoms with E-state index in [1.807, 2.05) is 20.8 Å². The van der Waals surface area contributed by atoms with Crippen LogP contribution in [0, 0.1) is 5.41 Å². The fourth-order valence-electron chi connectivity index (χ4n) is 1.31. The molecule has 16 heavy (non-hydrogen) atoms. The van der Waals surface area contributed by atoms with Crippen LogP contribution >= 0.6 is 27.5 Å². The normalized spacial score (nSPS) is 17.2. The van der Waals surface area contributed by atoms with Crippen LogP contribution < -0.4 is 0 Å². The minimum absolute atomic E-state index is 0.261. The highest BCUT2D eigenvalue weighted by Gasteiger charge is 2.43. The van der Waals surface area contributed by atoms with Crippen molar-refractivity contribution in [2.45, 2.75) is 32.9 Å². The lowest BCUT2D eigenvalue weighted by Gasteiger charge is -2.39. The minimum Gasteiger partial charge on any atom is -0.382 e. The maximum absolute atomic E-state index is 10.7. The Kier molecular flexibility index (Phi) is 4.15. The van der Waals surface area contributed by atoms with Gasteiger partial charge in [-0.25, -0.2) is 9.67 Å². The first-order chi connectivity index (χ1) is 7.31. The van der Waals surface area contributed by atoms with Gasteiger partial charge in [0.05, 0.1) is 11.6 Å². The van der Waals surface area contributed by atoms with E-state index in [0.29, 0.717) is 5.03 Å². The molecule has 1 aromatic rings. The number of halogens is 2. The average molecular weight is 309 g/mol. The van der Waals surface area contributed by atoms with Crippen LogP contribution in [-0.2, 0) is 6.54 Å². The van der Waals surface area contributed by atoms with Crippen LogP contribution in [0.4, 0.5) is 0 Å². The molecule has 1 unspecified atom stereocenters. The van der Waals surface area contributed by atoms with Gasteiger partial charge in [-0.2, -0.15) is 5.10 Å². The average Bonchev–Trinajstić information content (AvgIpc) is 2.67. The van der Waals surface area contributed by atoms with Gasteiger partial charge < -0.3 is 5.11 Å². The van der Waals surface area contributed by atoms with E-state index in [4.69, 9.17) is 11.6 Å². The van der Waals surface area contributed by atoms with Crippen LogP contribution in [0.5, 0.6) is 0 Å². The first kappa shape index (κ1) is 13.7. The monoisotopic (exact) mass is 307 g/mol. The maximum atomic E-state index is 10.7. The molecule has 0 aliphatic heterocycles. The zero-order valence-electron chi connectivity index (χ0n) is 9.48. The largest absolute Gasteiger partial charge is 0.382 e. The number of hydrogen-bond acceptors (Lipinski definition) is 3. The molecule has 4 nitrogen and oxygen atoms in total. The summed E-state index contributed by atoms with van der Waals surface area (Å²) in [5, 5.41) is 15.0. The summed E-state index contributed by atoms with van der Waals surface area (Å²) in [4.78, 5) is 5.36. The smallest absolute Gasteiger partial charge is 0.137 e. The summed E-state index contributed by atoms with van der Waals surface area (Å²) in [6.45, 7) is 6.02. The second-order valence-corrected chi connectivity index (χ2v) is 5.53. The molecular formula is C10H15BrClN3O. The van der Waals surface area contributed by atoms with Crippen LogP contribution in [0.3, 0.4) is 0 Å². The number of hydrogen-bond donors (Lipinski definition) is 1. The van der Waals surface area contributed by atoms with Gasteiger partial charge in [-0.05, 0) is 10.4 Å². The van der Waals surface area contributed by atoms with Gasteiger partial charge in [0.2, 0.25) is 0 Å². The first-order valence-electron chi connectivity index (χ1n) is 4.82. The third-order valence-electron chi connectivity index (χ3n) is 2.59. The fourth-order valence-corrected chi connectivity index (χ4v) is 2.03. The fraction of sp³-hybridized carbons (Fsp3) is 0.600. The molecule has 1 N–H and O–H groups in total. The quantitative estimate of drug-likeness (QED) is 0.933. The lowest BCUT2D eigenvalue weighted by Crippen LogP contribution is -2.47. The van der Waals surface area contributed by atoms with Crippen molar-refractivity contribution >= 4 is 27.5 Å². The van der Waals surface area contributed by atoms with Crippen LogP contribution in [0.1, 0.15) is 20.8 Å². The Morgan fingerprint density at radius 1 is 1.56 bits per heavy atom. The van der Waals surface area contributed by atoms with Crippen molar-refractivity contribution in [3.63, 3.8) is 0 Å². The summed E-state index contributed by atoms with van der Waals surface area (Å²) in [6.07, 6.45) is 2.98. The molecular weight excluding hydrogens is 293 g/mol. The molecule has 0 saturated carbocycles. The molecule has 0 aromatic carbocycles. The van der Waals surface area contributed by atoms with Crippen LogP contribution in [0.15, 0.2) is 22.7 Å². The number of rotatable bonds is 3. The number of nitrogens with zero attached hydrogens (tertiary/aromatic N) is 3. The van der Waals surface area contributed by atoms with Gasteiger partial charge in [-0.15, -0.1) is 0 Å². The summed E-state index contributed by atoms with van der Waals surface area (Å²) in [7, 11) is 0. The predicted octanol–water partition coefficient (Wildman–Crippen LogP) is 2.53. The van der Waals surface area contributed by atoms with Crippen molar-refractivity contribution in [2.75, 3.05) is 0 Å². The molecule has 0 aliphatic rings. The third kappa shape index (κ3) is 2.64. The van der Waals surface area contributed by atoms with E-state index in [9.17, 15) is 5.11 Å². The van der Waals surface area contributed by atoms with Gasteiger partial charge in [0.25, 0.3) is 0 Å². The summed E-state index contributed by atoms with van der Waals surface area (Å²) >= 11 is 9.22. The van der Waals surface area contributed by atoms with Gasteiger partial charge in [0.15, 0.2) is 0 Å². The van der Waals surface area contributed by atoms with Gasteiger partial charge >= 0.3 is 0 Å². The van der Waals surface area contributed by atoms with Crippen LogP contribution in [-0.4, -0.2) is 25.5 Å². The Morgan fingerprint density at radius 3 is 2.56 bits per heavy atom. The zero-order valence-corrected chi connectivity index (χ0v) is 11.8. The highest BCUT2D eigenvalue weighted by molar-refractivity contribution is 9.11. The Labute approximate surface area is 108 Å². The second-order valence-electron chi connectivity index (χ2n) is 4.66. The molecule has 6 heteroatoms. The summed E-state index contributed by atoms with van der Waals surface area (Å²) in [5.74, 6) is 0. The Morgan fingerprint density at radius 2 is 2.19 bits per heavy atom. The van der Waals surface area contributed by atoms with E-state index in [1.165, 1.54) is 11.3 Å². The van der Waals surface area contributed by atoms with Gasteiger partial charge in [0, 0.05) is 0 Å². The van der Waals surface area contributed by atoms with E-state index < -0.39 is 11.0 Å². The van der Waals surface area contributed by atoms with Crippen molar-refractivity contribution in [3.05, 3.63) is 22.7 Å². The van der Waals surface area contributed by atoms with Gasteiger partial charge in [-0.3, -0.25) is 0 Å². The summed E-state index contributed by atoms with van der Waals surface area (Å²) < 4.78 is 1.56. The molecule has 0 fully saturated rings. The highest BCUT2D eigenvalue weighted by atomic mass is 79.9. The van der Waals surface area contributed by atoms with E-state index in [-0.39, 0.29) is 6.54 Å². The molecule has 90 valence electrons. The molecule has 1 atom stereocenters. The molecule has 1 heterocycles. The topological polar surface area (TPSA) is 50.9 Å². The van der Waals surface area contributed by atoms with E-state index in [0.717, 1.165) is 0 Å². The highest BCUT2D eigenvalue weighted by Crippen LogP contribution is 2.39. The van der Waals surface area contributed by atoms with Crippen molar-refractivity contribution < 1.29 is 5.11 Å². The SMILES string of the molecule is CC(C)(C)C(O)(Cn1cncn1)/C(Cl)=C/Br. The van der Waals surface area contributed by atoms with Crippen LogP contribution in [0.25, 0.3) is 0 Å². The van der Waals surface area contributed by atoms with Gasteiger partial charge in [-0.1, -0.05) is 48.3 Å². The predicted molar refractivity (Wildman–Crippen MR) is 67.3 cm³/mol. The molecule has 0 radical (unpaired) electrons. The molecule has 0 saturated heterocycles. The van der Waals surface area contributed by atoms with E-state index in [1.54, 1.807) is 11.0 Å². The number of aromatic nitrogens is 3. The summed E-state index contributed by atoms with van der Waals surface area (Å²) in [6, 6.07) is 0. The second kappa shape index (κ2) is 4.85. The molecule has 0 amide bonds. The maximum Gasteiger partial charge on any atom is 0.137 e. The summed E-state index contributed by atoms with van der Waals surface area (Å²) in [5.41, 5.74) is -1.61. The molecule has 1 rings (SSSR count). The lowest BCUT2D eigenvalue weighted by molar-refractivity contribution is -0.0344. The van der Waals surface area contributed by atoms with Gasteiger partial charge in [0.1, 0.15) is 18.3 Å². The third-order valence-corrected chi connectivity index (χ3v) is 3.73. The Hall–Kier alpha value is -0.390.